The molecule has 1 saturated heterocycles. The number of halogens is 1. The molecule has 0 saturated carbocycles. The van der Waals surface area contributed by atoms with Gasteiger partial charge in [0.05, 0.1) is 5.69 Å². The Bertz CT molecular complexity index is 769. The molecule has 0 atom stereocenters. The Morgan fingerprint density at radius 3 is 2.38 bits per heavy atom. The summed E-state index contributed by atoms with van der Waals surface area (Å²) in [6, 6.07) is 8.45. The summed E-state index contributed by atoms with van der Waals surface area (Å²) in [5.74, 6) is 0.0970. The molecule has 1 aromatic heterocycles. The molecule has 1 fully saturated rings. The molecule has 26 heavy (non-hydrogen) atoms. The molecule has 5 nitrogen and oxygen atoms in total. The average molecular weight is 359 g/mol. The number of aromatic nitrogens is 2. The summed E-state index contributed by atoms with van der Waals surface area (Å²) in [6.45, 7) is 6.99. The smallest absolute Gasteiger partial charge is 0.410 e. The number of carbonyl (C=O) groups is 1. The number of nitrogens with zero attached hydrogens (tertiary/aromatic N) is 3. The zero-order valence-corrected chi connectivity index (χ0v) is 15.8. The fourth-order valence-electron chi connectivity index (χ4n) is 3.31. The minimum atomic E-state index is -0.472. The largest absolute Gasteiger partial charge is 0.444 e. The third-order valence-corrected chi connectivity index (χ3v) is 4.62. The summed E-state index contributed by atoms with van der Waals surface area (Å²) in [5.41, 5.74) is 2.42. The predicted octanol–water partition coefficient (Wildman–Crippen LogP) is 4.34. The summed E-state index contributed by atoms with van der Waals surface area (Å²) < 4.78 is 20.5. The van der Waals surface area contributed by atoms with Crippen LogP contribution in [0.1, 0.15) is 45.2 Å². The lowest BCUT2D eigenvalue weighted by atomic mass is 9.93. The Balaban J connectivity index is 1.66. The number of ether oxygens (including phenoxy) is 1. The van der Waals surface area contributed by atoms with Gasteiger partial charge in [0.15, 0.2) is 0 Å². The third kappa shape index (κ3) is 4.23. The van der Waals surface area contributed by atoms with Crippen LogP contribution in [-0.2, 0) is 11.8 Å². The lowest BCUT2D eigenvalue weighted by Gasteiger charge is -2.33. The Kier molecular flexibility index (Phi) is 5.03. The number of hydrogen-bond donors (Lipinski definition) is 0. The minimum absolute atomic E-state index is 0.243. The number of benzene rings is 1. The van der Waals surface area contributed by atoms with Gasteiger partial charge in [0.25, 0.3) is 0 Å². The van der Waals surface area contributed by atoms with Crippen LogP contribution in [0.3, 0.4) is 0 Å². The van der Waals surface area contributed by atoms with Gasteiger partial charge in [-0.1, -0.05) is 0 Å². The van der Waals surface area contributed by atoms with Gasteiger partial charge < -0.3 is 9.64 Å². The van der Waals surface area contributed by atoms with Crippen LogP contribution in [0.4, 0.5) is 9.18 Å². The highest BCUT2D eigenvalue weighted by Crippen LogP contribution is 2.31. The third-order valence-electron chi connectivity index (χ3n) is 4.62. The highest BCUT2D eigenvalue weighted by Gasteiger charge is 2.29. The van der Waals surface area contributed by atoms with Crippen molar-refractivity contribution in [1.29, 1.82) is 0 Å². The van der Waals surface area contributed by atoms with Crippen molar-refractivity contribution in [1.82, 2.24) is 14.7 Å². The molecule has 140 valence electrons. The van der Waals surface area contributed by atoms with E-state index >= 15 is 0 Å². The van der Waals surface area contributed by atoms with Crippen LogP contribution < -0.4 is 0 Å². The van der Waals surface area contributed by atoms with E-state index in [-0.39, 0.29) is 11.9 Å². The SMILES string of the molecule is Cn1nc(-c2ccc(F)cc2)cc1C1CCN(C(=O)OC(C)(C)C)CC1. The van der Waals surface area contributed by atoms with Gasteiger partial charge in [0, 0.05) is 37.3 Å². The maximum absolute atomic E-state index is 13.1. The molecule has 1 amide bonds. The molecule has 1 aliphatic heterocycles. The second kappa shape index (κ2) is 7.09. The van der Waals surface area contributed by atoms with Gasteiger partial charge >= 0.3 is 6.09 Å². The molecule has 6 heteroatoms. The van der Waals surface area contributed by atoms with E-state index in [4.69, 9.17) is 4.74 Å². The molecule has 1 aromatic carbocycles. The predicted molar refractivity (Wildman–Crippen MR) is 98.4 cm³/mol. The molecule has 3 rings (SSSR count). The first-order valence-corrected chi connectivity index (χ1v) is 9.01. The molecule has 0 unspecified atom stereocenters. The van der Waals surface area contributed by atoms with Crippen LogP contribution in [-0.4, -0.2) is 39.5 Å². The molecule has 2 heterocycles. The topological polar surface area (TPSA) is 47.4 Å². The molecule has 0 aliphatic carbocycles. The number of piperidine rings is 1. The zero-order valence-electron chi connectivity index (χ0n) is 15.8. The van der Waals surface area contributed by atoms with Crippen LogP contribution in [0.15, 0.2) is 30.3 Å². The second-order valence-corrected chi connectivity index (χ2v) is 7.83. The van der Waals surface area contributed by atoms with E-state index in [1.165, 1.54) is 12.1 Å². The fourth-order valence-corrected chi connectivity index (χ4v) is 3.31. The number of hydrogen-bond acceptors (Lipinski definition) is 3. The van der Waals surface area contributed by atoms with E-state index in [0.29, 0.717) is 19.0 Å². The summed E-state index contributed by atoms with van der Waals surface area (Å²) in [6.07, 6.45) is 1.51. The molecule has 0 radical (unpaired) electrons. The Morgan fingerprint density at radius 1 is 1.19 bits per heavy atom. The Labute approximate surface area is 153 Å². The van der Waals surface area contributed by atoms with E-state index in [9.17, 15) is 9.18 Å². The standard InChI is InChI=1S/C20H26FN3O2/c1-20(2,3)26-19(25)24-11-9-15(10-12-24)18-13-17(22-23(18)4)14-5-7-16(21)8-6-14/h5-8,13,15H,9-12H2,1-4H3. The summed E-state index contributed by atoms with van der Waals surface area (Å²) in [4.78, 5) is 14.0. The molecule has 2 aromatic rings. The fraction of sp³-hybridized carbons (Fsp3) is 0.500. The molecule has 0 bridgehead atoms. The van der Waals surface area contributed by atoms with Gasteiger partial charge in [0.2, 0.25) is 0 Å². The van der Waals surface area contributed by atoms with Crippen molar-refractivity contribution < 1.29 is 13.9 Å². The van der Waals surface area contributed by atoms with E-state index < -0.39 is 5.60 Å². The van der Waals surface area contributed by atoms with Gasteiger partial charge in [-0.3, -0.25) is 4.68 Å². The van der Waals surface area contributed by atoms with Gasteiger partial charge in [-0.15, -0.1) is 0 Å². The molecular formula is C20H26FN3O2. The van der Waals surface area contributed by atoms with Crippen molar-refractivity contribution in [3.8, 4) is 11.3 Å². The van der Waals surface area contributed by atoms with Crippen molar-refractivity contribution in [2.45, 2.75) is 45.1 Å². The van der Waals surface area contributed by atoms with Crippen molar-refractivity contribution in [3.63, 3.8) is 0 Å². The van der Waals surface area contributed by atoms with E-state index in [0.717, 1.165) is 29.8 Å². The maximum atomic E-state index is 13.1. The lowest BCUT2D eigenvalue weighted by Crippen LogP contribution is -2.41. The van der Waals surface area contributed by atoms with Gasteiger partial charge in [0.1, 0.15) is 11.4 Å². The first-order valence-electron chi connectivity index (χ1n) is 9.01. The van der Waals surface area contributed by atoms with Crippen LogP contribution in [0, 0.1) is 5.82 Å². The van der Waals surface area contributed by atoms with Crippen molar-refractivity contribution in [2.24, 2.45) is 7.05 Å². The van der Waals surface area contributed by atoms with Crippen LogP contribution >= 0.6 is 0 Å². The average Bonchev–Trinajstić information content (AvgIpc) is 2.96. The molecule has 0 spiro atoms. The number of amides is 1. The summed E-state index contributed by atoms with van der Waals surface area (Å²) in [5, 5.41) is 4.58. The highest BCUT2D eigenvalue weighted by molar-refractivity contribution is 5.68. The normalized spacial score (nSPS) is 16.0. The number of carbonyl (C=O) groups excluding carboxylic acids is 1. The van der Waals surface area contributed by atoms with Crippen molar-refractivity contribution >= 4 is 6.09 Å². The van der Waals surface area contributed by atoms with E-state index in [1.54, 1.807) is 17.0 Å². The van der Waals surface area contributed by atoms with Crippen molar-refractivity contribution in [3.05, 3.63) is 41.8 Å². The minimum Gasteiger partial charge on any atom is -0.444 e. The maximum Gasteiger partial charge on any atom is 0.410 e. The number of rotatable bonds is 2. The van der Waals surface area contributed by atoms with Crippen LogP contribution in [0.5, 0.6) is 0 Å². The highest BCUT2D eigenvalue weighted by atomic mass is 19.1. The zero-order chi connectivity index (χ0) is 18.9. The monoisotopic (exact) mass is 359 g/mol. The first kappa shape index (κ1) is 18.4. The second-order valence-electron chi connectivity index (χ2n) is 7.83. The lowest BCUT2D eigenvalue weighted by molar-refractivity contribution is 0.0203. The summed E-state index contributed by atoms with van der Waals surface area (Å²) >= 11 is 0. The van der Waals surface area contributed by atoms with Gasteiger partial charge in [-0.05, 0) is 63.9 Å². The van der Waals surface area contributed by atoms with Crippen molar-refractivity contribution in [2.75, 3.05) is 13.1 Å². The number of likely N-dealkylation sites (tertiary alicyclic amines) is 1. The van der Waals surface area contributed by atoms with Gasteiger partial charge in [-0.2, -0.15) is 5.10 Å². The van der Waals surface area contributed by atoms with Gasteiger partial charge in [-0.25, -0.2) is 9.18 Å². The molecule has 1 aliphatic rings. The van der Waals surface area contributed by atoms with Crippen LogP contribution in [0.2, 0.25) is 0 Å². The first-order chi connectivity index (χ1) is 12.2. The van der Waals surface area contributed by atoms with Crippen LogP contribution in [0.25, 0.3) is 11.3 Å². The summed E-state index contributed by atoms with van der Waals surface area (Å²) in [7, 11) is 1.93. The quantitative estimate of drug-likeness (QED) is 0.801. The van der Waals surface area contributed by atoms with E-state index in [1.807, 2.05) is 32.5 Å². The molecular weight excluding hydrogens is 333 g/mol. The van der Waals surface area contributed by atoms with E-state index in [2.05, 4.69) is 11.2 Å². The Hall–Kier alpha value is -2.37. The Morgan fingerprint density at radius 2 is 1.81 bits per heavy atom. The molecule has 0 N–H and O–H groups in total. The number of aryl methyl sites for hydroxylation is 1.